The molecular weight excluding hydrogens is 521 g/mol. The monoisotopic (exact) mass is 551 g/mol. The first-order chi connectivity index (χ1) is 18.6. The van der Waals surface area contributed by atoms with Crippen molar-refractivity contribution in [3.05, 3.63) is 101 Å². The van der Waals surface area contributed by atoms with Crippen molar-refractivity contribution < 1.29 is 27.2 Å². The summed E-state index contributed by atoms with van der Waals surface area (Å²) in [6, 6.07) is 19.3. The number of sulfonamides is 1. The summed E-state index contributed by atoms with van der Waals surface area (Å²) in [7, 11) is -4.27. The fourth-order valence-corrected chi connectivity index (χ4v) is 5.92. The SMILES string of the molecule is CC[C@H](C)NC(=O)[C@@H](Cc1ccccc1)N(Cc1ccccc1F)C(=O)CN1C(=O)c2ccccc2S1(=O)=O. The van der Waals surface area contributed by atoms with E-state index >= 15 is 0 Å². The number of carbonyl (C=O) groups excluding carboxylic acids is 3. The molecule has 2 atom stereocenters. The Morgan fingerprint density at radius 3 is 2.28 bits per heavy atom. The Balaban J connectivity index is 1.73. The molecule has 204 valence electrons. The van der Waals surface area contributed by atoms with Crippen LogP contribution in [0.3, 0.4) is 0 Å². The average molecular weight is 552 g/mol. The van der Waals surface area contributed by atoms with Crippen molar-refractivity contribution >= 4 is 27.7 Å². The zero-order valence-corrected chi connectivity index (χ0v) is 22.5. The maximum Gasteiger partial charge on any atom is 0.269 e. The van der Waals surface area contributed by atoms with E-state index in [1.165, 1.54) is 42.5 Å². The van der Waals surface area contributed by atoms with E-state index in [9.17, 15) is 27.2 Å². The molecule has 0 unspecified atom stereocenters. The number of hydrogen-bond acceptors (Lipinski definition) is 5. The molecule has 1 heterocycles. The van der Waals surface area contributed by atoms with E-state index in [0.29, 0.717) is 10.7 Å². The topological polar surface area (TPSA) is 104 Å². The van der Waals surface area contributed by atoms with Crippen molar-refractivity contribution in [3.63, 3.8) is 0 Å². The summed E-state index contributed by atoms with van der Waals surface area (Å²) in [5, 5.41) is 2.89. The van der Waals surface area contributed by atoms with Crippen LogP contribution in [0.1, 0.15) is 41.8 Å². The quantitative estimate of drug-likeness (QED) is 0.415. The number of halogens is 1. The van der Waals surface area contributed by atoms with E-state index < -0.39 is 46.1 Å². The molecule has 0 saturated carbocycles. The van der Waals surface area contributed by atoms with Crippen molar-refractivity contribution in [3.8, 4) is 0 Å². The zero-order chi connectivity index (χ0) is 28.2. The van der Waals surface area contributed by atoms with E-state index in [1.54, 1.807) is 30.3 Å². The minimum absolute atomic E-state index is 0.0266. The maximum atomic E-state index is 14.7. The van der Waals surface area contributed by atoms with Crippen molar-refractivity contribution in [2.45, 2.75) is 50.2 Å². The van der Waals surface area contributed by atoms with Gasteiger partial charge < -0.3 is 10.2 Å². The highest BCUT2D eigenvalue weighted by atomic mass is 32.2. The molecule has 8 nitrogen and oxygen atoms in total. The fraction of sp³-hybridized carbons (Fsp3) is 0.276. The van der Waals surface area contributed by atoms with Crippen LogP contribution in [0, 0.1) is 5.82 Å². The molecule has 1 N–H and O–H groups in total. The van der Waals surface area contributed by atoms with Crippen molar-refractivity contribution in [2.75, 3.05) is 6.54 Å². The largest absolute Gasteiger partial charge is 0.352 e. The normalized spacial score (nSPS) is 15.4. The Labute approximate surface area is 227 Å². The molecule has 39 heavy (non-hydrogen) atoms. The van der Waals surface area contributed by atoms with E-state index in [4.69, 9.17) is 0 Å². The molecule has 10 heteroatoms. The first-order valence-electron chi connectivity index (χ1n) is 12.7. The van der Waals surface area contributed by atoms with Gasteiger partial charge >= 0.3 is 0 Å². The highest BCUT2D eigenvalue weighted by molar-refractivity contribution is 7.90. The van der Waals surface area contributed by atoms with E-state index in [1.807, 2.05) is 19.9 Å². The summed E-state index contributed by atoms with van der Waals surface area (Å²) in [6.45, 7) is 2.60. The molecule has 0 saturated heterocycles. The van der Waals surface area contributed by atoms with Gasteiger partial charge in [0.2, 0.25) is 11.8 Å². The minimum Gasteiger partial charge on any atom is -0.352 e. The third-order valence-electron chi connectivity index (χ3n) is 6.76. The highest BCUT2D eigenvalue weighted by Crippen LogP contribution is 2.30. The first-order valence-corrected chi connectivity index (χ1v) is 14.1. The molecule has 4 rings (SSSR count). The Hall–Kier alpha value is -4.05. The number of hydrogen-bond donors (Lipinski definition) is 1. The lowest BCUT2D eigenvalue weighted by atomic mass is 10.0. The molecule has 0 aliphatic carbocycles. The summed E-state index contributed by atoms with van der Waals surface area (Å²) in [5.74, 6) is -2.66. The van der Waals surface area contributed by atoms with Crippen LogP contribution >= 0.6 is 0 Å². The summed E-state index contributed by atoms with van der Waals surface area (Å²) in [5.41, 5.74) is 0.880. The number of benzene rings is 3. The summed E-state index contributed by atoms with van der Waals surface area (Å²) < 4.78 is 41.5. The van der Waals surface area contributed by atoms with E-state index in [0.717, 1.165) is 10.5 Å². The number of nitrogens with one attached hydrogen (secondary N) is 1. The summed E-state index contributed by atoms with van der Waals surface area (Å²) >= 11 is 0. The predicted octanol–water partition coefficient (Wildman–Crippen LogP) is 3.53. The van der Waals surface area contributed by atoms with E-state index in [-0.39, 0.29) is 35.0 Å². The number of carbonyl (C=O) groups is 3. The summed E-state index contributed by atoms with van der Waals surface area (Å²) in [6.07, 6.45) is 0.744. The average Bonchev–Trinajstić information content (AvgIpc) is 3.12. The third-order valence-corrected chi connectivity index (χ3v) is 8.55. The molecule has 0 bridgehead atoms. The molecule has 3 amide bonds. The fourth-order valence-electron chi connectivity index (χ4n) is 4.41. The highest BCUT2D eigenvalue weighted by Gasteiger charge is 2.43. The number of fused-ring (bicyclic) bond motifs is 1. The molecule has 3 aromatic carbocycles. The van der Waals surface area contributed by atoms with Crippen LogP contribution in [0.4, 0.5) is 4.39 Å². The van der Waals surface area contributed by atoms with Gasteiger partial charge in [-0.15, -0.1) is 0 Å². The molecule has 0 fully saturated rings. The molecular formula is C29H30FN3O5S. The van der Waals surface area contributed by atoms with Crippen LogP contribution in [-0.4, -0.2) is 54.0 Å². The number of nitrogens with zero attached hydrogens (tertiary/aromatic N) is 2. The van der Waals surface area contributed by atoms with Gasteiger partial charge in [0.05, 0.1) is 5.56 Å². The zero-order valence-electron chi connectivity index (χ0n) is 21.7. The second-order valence-electron chi connectivity index (χ2n) is 9.45. The van der Waals surface area contributed by atoms with Crippen LogP contribution < -0.4 is 5.32 Å². The van der Waals surface area contributed by atoms with Gasteiger partial charge in [-0.25, -0.2) is 17.1 Å². The van der Waals surface area contributed by atoms with Crippen LogP contribution in [0.25, 0.3) is 0 Å². The van der Waals surface area contributed by atoms with Crippen LogP contribution in [-0.2, 0) is 32.6 Å². The van der Waals surface area contributed by atoms with Crippen molar-refractivity contribution in [1.29, 1.82) is 0 Å². The molecule has 1 aliphatic heterocycles. The van der Waals surface area contributed by atoms with E-state index in [2.05, 4.69) is 5.32 Å². The van der Waals surface area contributed by atoms with Crippen molar-refractivity contribution in [2.24, 2.45) is 0 Å². The van der Waals surface area contributed by atoms with Crippen LogP contribution in [0.5, 0.6) is 0 Å². The lowest BCUT2D eigenvalue weighted by Crippen LogP contribution is -2.54. The molecule has 0 radical (unpaired) electrons. The number of rotatable bonds is 10. The van der Waals surface area contributed by atoms with Gasteiger partial charge in [0, 0.05) is 24.6 Å². The van der Waals surface area contributed by atoms with Gasteiger partial charge in [-0.3, -0.25) is 14.4 Å². The number of amides is 3. The lowest BCUT2D eigenvalue weighted by Gasteiger charge is -2.33. The van der Waals surface area contributed by atoms with Gasteiger partial charge in [-0.2, -0.15) is 0 Å². The summed E-state index contributed by atoms with van der Waals surface area (Å²) in [4.78, 5) is 41.4. The van der Waals surface area contributed by atoms with Crippen LogP contribution in [0.15, 0.2) is 83.8 Å². The van der Waals surface area contributed by atoms with Gasteiger partial charge in [0.15, 0.2) is 0 Å². The predicted molar refractivity (Wildman–Crippen MR) is 143 cm³/mol. The Morgan fingerprint density at radius 2 is 1.62 bits per heavy atom. The van der Waals surface area contributed by atoms with Gasteiger partial charge in [0.1, 0.15) is 23.3 Å². The molecule has 0 aromatic heterocycles. The lowest BCUT2D eigenvalue weighted by molar-refractivity contribution is -0.141. The van der Waals surface area contributed by atoms with Gasteiger partial charge in [-0.1, -0.05) is 67.6 Å². The Bertz CT molecular complexity index is 1480. The van der Waals surface area contributed by atoms with Gasteiger partial charge in [0.25, 0.3) is 15.9 Å². The second-order valence-corrected chi connectivity index (χ2v) is 11.3. The smallest absolute Gasteiger partial charge is 0.269 e. The Morgan fingerprint density at radius 1 is 0.974 bits per heavy atom. The third kappa shape index (κ3) is 6.01. The van der Waals surface area contributed by atoms with Gasteiger partial charge in [-0.05, 0) is 37.1 Å². The second kappa shape index (κ2) is 11.8. The standard InChI is InChI=1S/C29H30FN3O5S/c1-3-20(2)31-28(35)25(17-21-11-5-4-6-12-21)32(18-22-13-7-9-15-24(22)30)27(34)19-33-29(36)23-14-8-10-16-26(23)39(33,37)38/h4-16,20,25H,3,17-19H2,1-2H3,(H,31,35)/t20-,25+/m0/s1. The first kappa shape index (κ1) is 28.0. The maximum absolute atomic E-state index is 14.7. The Kier molecular flexibility index (Phi) is 8.44. The molecule has 0 spiro atoms. The minimum atomic E-state index is -4.27. The van der Waals surface area contributed by atoms with Crippen LogP contribution in [0.2, 0.25) is 0 Å². The molecule has 3 aromatic rings. The molecule has 1 aliphatic rings. The van der Waals surface area contributed by atoms with Crippen molar-refractivity contribution in [1.82, 2.24) is 14.5 Å².